The van der Waals surface area contributed by atoms with E-state index in [1.807, 2.05) is 6.92 Å². The van der Waals surface area contributed by atoms with Crippen molar-refractivity contribution in [2.75, 3.05) is 26.4 Å². The van der Waals surface area contributed by atoms with Gasteiger partial charge in [-0.1, -0.05) is 140 Å². The number of rotatable bonds is 37. The Bertz CT molecular complexity index is 1450. The van der Waals surface area contributed by atoms with Crippen molar-refractivity contribution in [3.05, 3.63) is 36.5 Å². The summed E-state index contributed by atoms with van der Waals surface area (Å²) < 4.78 is 33.9. The molecule has 0 spiro atoms. The Kier molecular flexibility index (Phi) is 32.9. The molecule has 3 saturated heterocycles. The Morgan fingerprint density at radius 1 is 0.493 bits per heavy atom. The van der Waals surface area contributed by atoms with Crippen LogP contribution in [0.1, 0.15) is 155 Å². The lowest BCUT2D eigenvalue weighted by atomic mass is 9.96. The summed E-state index contributed by atoms with van der Waals surface area (Å²) in [5, 5.41) is 119. The van der Waals surface area contributed by atoms with Gasteiger partial charge in [-0.3, -0.25) is 4.79 Å². The fraction of sp³-hybridized carbons (Fsp3) is 0.865. The molecule has 1 amide bonds. The molecule has 3 rings (SSSR count). The Labute approximate surface area is 421 Å². The predicted molar refractivity (Wildman–Crippen MR) is 263 cm³/mol. The molecule has 71 heavy (non-hydrogen) atoms. The highest BCUT2D eigenvalue weighted by Crippen LogP contribution is 2.33. The van der Waals surface area contributed by atoms with E-state index in [9.17, 15) is 61.0 Å². The summed E-state index contributed by atoms with van der Waals surface area (Å²) in [6.07, 6.45) is 10.3. The number of nitrogens with one attached hydrogen (secondary N) is 1. The molecule has 0 saturated carbocycles. The van der Waals surface area contributed by atoms with Crippen LogP contribution in [0.4, 0.5) is 0 Å². The Morgan fingerprint density at radius 2 is 0.901 bits per heavy atom. The van der Waals surface area contributed by atoms with Gasteiger partial charge in [0, 0.05) is 6.42 Å². The van der Waals surface area contributed by atoms with Gasteiger partial charge in [0.2, 0.25) is 5.91 Å². The van der Waals surface area contributed by atoms with Crippen LogP contribution in [-0.4, -0.2) is 193 Å². The van der Waals surface area contributed by atoms with E-state index in [2.05, 4.69) is 36.5 Å². The molecule has 0 aliphatic carbocycles. The minimum absolute atomic E-state index is 0.206. The molecule has 0 aromatic rings. The molecule has 0 bridgehead atoms. The van der Waals surface area contributed by atoms with E-state index in [4.69, 9.17) is 28.4 Å². The summed E-state index contributed by atoms with van der Waals surface area (Å²) in [6.45, 7) is 1.40. The van der Waals surface area contributed by atoms with E-state index in [0.717, 1.165) is 32.1 Å². The largest absolute Gasteiger partial charge is 0.394 e. The van der Waals surface area contributed by atoms with E-state index in [1.165, 1.54) is 89.9 Å². The number of aliphatic hydroxyl groups is 11. The maximum absolute atomic E-state index is 12.8. The molecule has 19 heteroatoms. The van der Waals surface area contributed by atoms with E-state index in [0.29, 0.717) is 12.8 Å². The minimum Gasteiger partial charge on any atom is -0.394 e. The number of amides is 1. The van der Waals surface area contributed by atoms with Crippen molar-refractivity contribution in [2.45, 2.75) is 259 Å². The molecule has 19 nitrogen and oxygen atoms in total. The average molecular weight is 1020 g/mol. The van der Waals surface area contributed by atoms with Gasteiger partial charge in [0.15, 0.2) is 18.9 Å². The van der Waals surface area contributed by atoms with E-state index < -0.39 is 124 Å². The number of unbranched alkanes of at least 4 members (excludes halogenated alkanes) is 17. The van der Waals surface area contributed by atoms with Gasteiger partial charge in [-0.05, 0) is 44.9 Å². The molecular formula is C52H93NO18. The molecule has 3 heterocycles. The third-order valence-electron chi connectivity index (χ3n) is 13.4. The van der Waals surface area contributed by atoms with E-state index in [-0.39, 0.29) is 18.9 Å². The van der Waals surface area contributed by atoms with Crippen molar-refractivity contribution in [2.24, 2.45) is 0 Å². The lowest BCUT2D eigenvalue weighted by Gasteiger charge is -2.48. The van der Waals surface area contributed by atoms with Gasteiger partial charge in [-0.2, -0.15) is 0 Å². The molecular weight excluding hydrogens is 927 g/mol. The van der Waals surface area contributed by atoms with Gasteiger partial charge in [0.1, 0.15) is 73.2 Å². The number of ether oxygens (including phenoxy) is 6. The van der Waals surface area contributed by atoms with Crippen LogP contribution in [0.3, 0.4) is 0 Å². The molecule has 3 aliphatic rings. The molecule has 0 radical (unpaired) electrons. The zero-order chi connectivity index (χ0) is 52.0. The van der Waals surface area contributed by atoms with Crippen molar-refractivity contribution in [3.63, 3.8) is 0 Å². The summed E-state index contributed by atoms with van der Waals surface area (Å²) in [5.41, 5.74) is 0. The van der Waals surface area contributed by atoms with Crippen LogP contribution in [0.2, 0.25) is 0 Å². The molecule has 12 N–H and O–H groups in total. The van der Waals surface area contributed by atoms with Crippen molar-refractivity contribution >= 4 is 5.91 Å². The Morgan fingerprint density at radius 3 is 1.39 bits per heavy atom. The fourth-order valence-electron chi connectivity index (χ4n) is 8.90. The highest BCUT2D eigenvalue weighted by atomic mass is 16.8. The normalized spacial score (nSPS) is 32.5. The van der Waals surface area contributed by atoms with E-state index in [1.54, 1.807) is 12.2 Å². The fourth-order valence-corrected chi connectivity index (χ4v) is 8.90. The second-order valence-electron chi connectivity index (χ2n) is 19.3. The zero-order valence-corrected chi connectivity index (χ0v) is 42.4. The van der Waals surface area contributed by atoms with Crippen LogP contribution < -0.4 is 5.32 Å². The average Bonchev–Trinajstić information content (AvgIpc) is 3.37. The molecule has 17 unspecified atom stereocenters. The number of allylic oxidation sites excluding steroid dienone is 5. The minimum atomic E-state index is -1.98. The Balaban J connectivity index is 1.42. The standard InChI is InChI=1S/C52H93NO18/c1-3-5-7-8-9-10-11-12-13-14-15-16-17-18-19-20-21-22-23-24-25-26-27-28-29-36(57)35(53-40(58)30-6-4-2)34-66-50-46(64)43(61)48(38(32-55)68-50)71-52-47(65)44(62)49(39(33-56)69-52)70-51-45(63)42(60)41(59)37(31-54)67-51/h20-21,24-25,28-29,35-39,41-52,54-57,59-65H,3-19,22-23,26-27,30-34H2,1-2H3,(H,53,58)/b21-20+,25-24+,29-28+. The number of carbonyl (C=O) groups excluding carboxylic acids is 1. The number of hydrogen-bond acceptors (Lipinski definition) is 18. The van der Waals surface area contributed by atoms with Gasteiger partial charge in [0.05, 0.1) is 38.6 Å². The predicted octanol–water partition coefficient (Wildman–Crippen LogP) is 2.59. The summed E-state index contributed by atoms with van der Waals surface area (Å²) in [7, 11) is 0. The van der Waals surface area contributed by atoms with Gasteiger partial charge in [0.25, 0.3) is 0 Å². The lowest BCUT2D eigenvalue weighted by molar-refractivity contribution is -0.379. The van der Waals surface area contributed by atoms with Crippen LogP contribution in [-0.2, 0) is 33.2 Å². The number of carbonyl (C=O) groups is 1. The first-order valence-corrected chi connectivity index (χ1v) is 26.7. The van der Waals surface area contributed by atoms with Crippen LogP contribution in [0.25, 0.3) is 0 Å². The molecule has 0 aromatic carbocycles. The quantitative estimate of drug-likeness (QED) is 0.0314. The highest BCUT2D eigenvalue weighted by Gasteiger charge is 2.53. The topological polar surface area (TPSA) is 307 Å². The third-order valence-corrected chi connectivity index (χ3v) is 13.4. The summed E-state index contributed by atoms with van der Waals surface area (Å²) in [5.74, 6) is -0.327. The number of hydrogen-bond donors (Lipinski definition) is 12. The number of aliphatic hydroxyl groups excluding tert-OH is 11. The summed E-state index contributed by atoms with van der Waals surface area (Å²) in [6, 6.07) is -0.988. The van der Waals surface area contributed by atoms with Crippen molar-refractivity contribution in [1.82, 2.24) is 5.32 Å². The van der Waals surface area contributed by atoms with Crippen LogP contribution in [0.15, 0.2) is 36.5 Å². The molecule has 3 aliphatic heterocycles. The first kappa shape index (κ1) is 63.3. The van der Waals surface area contributed by atoms with Crippen LogP contribution >= 0.6 is 0 Å². The van der Waals surface area contributed by atoms with Crippen molar-refractivity contribution in [3.8, 4) is 0 Å². The van der Waals surface area contributed by atoms with Gasteiger partial charge in [-0.25, -0.2) is 0 Å². The van der Waals surface area contributed by atoms with Crippen molar-refractivity contribution < 1.29 is 89.4 Å². The van der Waals surface area contributed by atoms with Gasteiger partial charge in [-0.15, -0.1) is 0 Å². The Hall–Kier alpha value is -1.99. The summed E-state index contributed by atoms with van der Waals surface area (Å²) >= 11 is 0. The van der Waals surface area contributed by atoms with Crippen LogP contribution in [0, 0.1) is 0 Å². The SMILES string of the molecule is CCCCCCCCCCCCCCCC/C=C/CC/C=C/CC/C=C/C(O)C(COC1OC(CO)C(OC2OC(CO)C(OC3OC(CO)C(O)C(O)C3O)C(O)C2O)C(O)C1O)NC(=O)CCCC. The second kappa shape index (κ2) is 36.9. The maximum Gasteiger partial charge on any atom is 0.220 e. The molecule has 3 fully saturated rings. The molecule has 17 atom stereocenters. The first-order chi connectivity index (χ1) is 34.3. The summed E-state index contributed by atoms with van der Waals surface area (Å²) in [4.78, 5) is 12.8. The first-order valence-electron chi connectivity index (χ1n) is 26.7. The van der Waals surface area contributed by atoms with Gasteiger partial charge >= 0.3 is 0 Å². The maximum atomic E-state index is 12.8. The lowest BCUT2D eigenvalue weighted by Crippen LogP contribution is -2.66. The second-order valence-corrected chi connectivity index (χ2v) is 19.3. The molecule has 414 valence electrons. The monoisotopic (exact) mass is 1020 g/mol. The van der Waals surface area contributed by atoms with Crippen LogP contribution in [0.5, 0.6) is 0 Å². The third kappa shape index (κ3) is 22.4. The van der Waals surface area contributed by atoms with Crippen molar-refractivity contribution in [1.29, 1.82) is 0 Å². The van der Waals surface area contributed by atoms with Gasteiger partial charge < -0.3 is 89.9 Å². The molecule has 0 aromatic heterocycles. The van der Waals surface area contributed by atoms with E-state index >= 15 is 0 Å². The zero-order valence-electron chi connectivity index (χ0n) is 42.4. The smallest absolute Gasteiger partial charge is 0.220 e. The highest BCUT2D eigenvalue weighted by molar-refractivity contribution is 5.76.